The predicted octanol–water partition coefficient (Wildman–Crippen LogP) is 1.56. The molecule has 0 saturated heterocycles. The van der Waals surface area contributed by atoms with Crippen LogP contribution in [0.2, 0.25) is 0 Å². The first-order valence-corrected chi connectivity index (χ1v) is 6.11. The van der Waals surface area contributed by atoms with Gasteiger partial charge < -0.3 is 14.7 Å². The minimum atomic E-state index is -1.01. The molecule has 0 amide bonds. The summed E-state index contributed by atoms with van der Waals surface area (Å²) >= 11 is 0. The summed E-state index contributed by atoms with van der Waals surface area (Å²) in [4.78, 5) is 17.2. The van der Waals surface area contributed by atoms with Crippen LogP contribution in [0.25, 0.3) is 0 Å². The Morgan fingerprint density at radius 2 is 2.33 bits per heavy atom. The fraction of sp³-hybridized carbons (Fsp3) is 0.538. The lowest BCUT2D eigenvalue weighted by Crippen LogP contribution is -2.26. The highest BCUT2D eigenvalue weighted by atomic mass is 16.5. The molecule has 5 heteroatoms. The monoisotopic (exact) mass is 250 g/mol. The van der Waals surface area contributed by atoms with Gasteiger partial charge in [-0.1, -0.05) is 0 Å². The Balaban J connectivity index is 1.94. The maximum atomic E-state index is 11.0. The zero-order chi connectivity index (χ0) is 13.1. The molecule has 18 heavy (non-hydrogen) atoms. The van der Waals surface area contributed by atoms with Crippen molar-refractivity contribution in [1.29, 1.82) is 0 Å². The molecule has 2 rings (SSSR count). The van der Waals surface area contributed by atoms with Gasteiger partial charge in [0, 0.05) is 30.5 Å². The highest BCUT2D eigenvalue weighted by molar-refractivity contribution is 5.90. The van der Waals surface area contributed by atoms with E-state index in [9.17, 15) is 4.79 Å². The van der Waals surface area contributed by atoms with Crippen molar-refractivity contribution >= 4 is 5.97 Å². The summed E-state index contributed by atoms with van der Waals surface area (Å²) in [7, 11) is 2.07. The molecule has 1 heterocycles. The van der Waals surface area contributed by atoms with Gasteiger partial charge in [-0.05, 0) is 26.8 Å². The largest absolute Gasteiger partial charge is 0.491 e. The first-order valence-electron chi connectivity index (χ1n) is 6.11. The first kappa shape index (κ1) is 12.8. The van der Waals surface area contributed by atoms with Crippen LogP contribution in [0, 0.1) is 6.92 Å². The van der Waals surface area contributed by atoms with E-state index in [2.05, 4.69) is 16.9 Å². The number of ether oxygens (including phenoxy) is 1. The lowest BCUT2D eigenvalue weighted by atomic mass is 10.2. The van der Waals surface area contributed by atoms with Gasteiger partial charge in [0.1, 0.15) is 17.9 Å². The molecule has 1 fully saturated rings. The zero-order valence-electron chi connectivity index (χ0n) is 10.7. The van der Waals surface area contributed by atoms with Crippen LogP contribution in [-0.2, 0) is 0 Å². The molecule has 1 saturated carbocycles. The molecular formula is C13H18N2O3. The molecule has 98 valence electrons. The number of hydrogen-bond acceptors (Lipinski definition) is 4. The fourth-order valence-corrected chi connectivity index (χ4v) is 1.81. The average Bonchev–Trinajstić information content (AvgIpc) is 3.12. The summed E-state index contributed by atoms with van der Waals surface area (Å²) in [5.41, 5.74) is 0.875. The van der Waals surface area contributed by atoms with Crippen molar-refractivity contribution in [2.75, 3.05) is 20.2 Å². The number of aromatic carboxylic acids is 1. The SMILES string of the molecule is Cc1cc(OCCN(C)C2CC2)c(C(=O)O)cn1. The zero-order valence-corrected chi connectivity index (χ0v) is 10.7. The van der Waals surface area contributed by atoms with Crippen molar-refractivity contribution in [2.45, 2.75) is 25.8 Å². The minimum absolute atomic E-state index is 0.120. The van der Waals surface area contributed by atoms with Crippen molar-refractivity contribution < 1.29 is 14.6 Å². The van der Waals surface area contributed by atoms with E-state index in [4.69, 9.17) is 9.84 Å². The fourth-order valence-electron chi connectivity index (χ4n) is 1.81. The Bertz CT molecular complexity index is 444. The molecule has 1 aliphatic rings. The summed E-state index contributed by atoms with van der Waals surface area (Å²) in [6, 6.07) is 2.35. The molecule has 0 spiro atoms. The van der Waals surface area contributed by atoms with Gasteiger partial charge in [0.05, 0.1) is 0 Å². The van der Waals surface area contributed by atoms with Crippen LogP contribution in [0.4, 0.5) is 0 Å². The van der Waals surface area contributed by atoms with E-state index in [0.29, 0.717) is 18.4 Å². The highest BCUT2D eigenvalue weighted by Gasteiger charge is 2.25. The summed E-state index contributed by atoms with van der Waals surface area (Å²) in [6.07, 6.45) is 3.86. The molecule has 1 N–H and O–H groups in total. The van der Waals surface area contributed by atoms with E-state index in [0.717, 1.165) is 12.2 Å². The van der Waals surface area contributed by atoms with Gasteiger partial charge in [-0.25, -0.2) is 4.79 Å². The molecule has 1 aromatic heterocycles. The summed E-state index contributed by atoms with van der Waals surface area (Å²) in [5.74, 6) is -0.604. The lowest BCUT2D eigenvalue weighted by molar-refractivity contribution is 0.0691. The number of likely N-dealkylation sites (N-methyl/N-ethyl adjacent to an activating group) is 1. The number of carbonyl (C=O) groups is 1. The van der Waals surface area contributed by atoms with Crippen molar-refractivity contribution in [2.24, 2.45) is 0 Å². The Labute approximate surface area is 106 Å². The summed E-state index contributed by atoms with van der Waals surface area (Å²) in [6.45, 7) is 3.12. The van der Waals surface area contributed by atoms with E-state index in [1.165, 1.54) is 19.0 Å². The number of carboxylic acid groups (broad SMARTS) is 1. The van der Waals surface area contributed by atoms with Crippen molar-refractivity contribution in [1.82, 2.24) is 9.88 Å². The molecule has 0 unspecified atom stereocenters. The number of aromatic nitrogens is 1. The van der Waals surface area contributed by atoms with Gasteiger partial charge in [-0.15, -0.1) is 0 Å². The topological polar surface area (TPSA) is 62.7 Å². The van der Waals surface area contributed by atoms with Crippen LogP contribution in [0.15, 0.2) is 12.3 Å². The van der Waals surface area contributed by atoms with Crippen LogP contribution >= 0.6 is 0 Å². The molecule has 1 aromatic rings. The minimum Gasteiger partial charge on any atom is -0.491 e. The summed E-state index contributed by atoms with van der Waals surface area (Å²) in [5, 5.41) is 9.03. The van der Waals surface area contributed by atoms with Gasteiger partial charge in [0.25, 0.3) is 0 Å². The van der Waals surface area contributed by atoms with Gasteiger partial charge in [0.2, 0.25) is 0 Å². The van der Waals surface area contributed by atoms with E-state index < -0.39 is 5.97 Å². The van der Waals surface area contributed by atoms with Crippen molar-refractivity contribution in [3.05, 3.63) is 23.5 Å². The standard InChI is InChI=1S/C13H18N2O3/c1-9-7-12(11(8-14-9)13(16)17)18-6-5-15(2)10-3-4-10/h7-8,10H,3-6H2,1-2H3,(H,16,17). The second kappa shape index (κ2) is 5.35. The van der Waals surface area contributed by atoms with E-state index in [1.807, 2.05) is 6.92 Å². The molecule has 0 bridgehead atoms. The van der Waals surface area contributed by atoms with E-state index >= 15 is 0 Å². The van der Waals surface area contributed by atoms with Gasteiger partial charge in [0.15, 0.2) is 0 Å². The number of nitrogens with zero attached hydrogens (tertiary/aromatic N) is 2. The van der Waals surface area contributed by atoms with Gasteiger partial charge in [-0.2, -0.15) is 0 Å². The molecule has 0 radical (unpaired) electrons. The third-order valence-corrected chi connectivity index (χ3v) is 3.10. The van der Waals surface area contributed by atoms with Crippen LogP contribution in [-0.4, -0.2) is 47.2 Å². The second-order valence-corrected chi connectivity index (χ2v) is 4.69. The Morgan fingerprint density at radius 1 is 1.61 bits per heavy atom. The van der Waals surface area contributed by atoms with Gasteiger partial charge in [-0.3, -0.25) is 4.98 Å². The Morgan fingerprint density at radius 3 is 2.94 bits per heavy atom. The van der Waals surface area contributed by atoms with Crippen LogP contribution < -0.4 is 4.74 Å². The average molecular weight is 250 g/mol. The molecule has 0 aliphatic heterocycles. The normalized spacial score (nSPS) is 14.8. The second-order valence-electron chi connectivity index (χ2n) is 4.69. The molecular weight excluding hydrogens is 232 g/mol. The highest BCUT2D eigenvalue weighted by Crippen LogP contribution is 2.25. The molecule has 1 aliphatic carbocycles. The third kappa shape index (κ3) is 3.20. The number of carboxylic acids is 1. The number of hydrogen-bond donors (Lipinski definition) is 1. The predicted molar refractivity (Wildman–Crippen MR) is 67.1 cm³/mol. The number of pyridine rings is 1. The maximum absolute atomic E-state index is 11.0. The van der Waals surface area contributed by atoms with Crippen LogP contribution in [0.3, 0.4) is 0 Å². The summed E-state index contributed by atoms with van der Waals surface area (Å²) < 4.78 is 5.57. The first-order chi connectivity index (χ1) is 8.58. The number of rotatable bonds is 6. The Hall–Kier alpha value is -1.62. The van der Waals surface area contributed by atoms with E-state index in [-0.39, 0.29) is 5.56 Å². The quantitative estimate of drug-likeness (QED) is 0.830. The molecule has 0 atom stereocenters. The third-order valence-electron chi connectivity index (χ3n) is 3.10. The van der Waals surface area contributed by atoms with Crippen molar-refractivity contribution in [3.63, 3.8) is 0 Å². The number of aryl methyl sites for hydroxylation is 1. The molecule has 0 aromatic carbocycles. The maximum Gasteiger partial charge on any atom is 0.341 e. The molecule has 5 nitrogen and oxygen atoms in total. The Kier molecular flexibility index (Phi) is 3.81. The van der Waals surface area contributed by atoms with Crippen molar-refractivity contribution in [3.8, 4) is 5.75 Å². The van der Waals surface area contributed by atoms with Crippen LogP contribution in [0.1, 0.15) is 28.9 Å². The smallest absolute Gasteiger partial charge is 0.341 e. The lowest BCUT2D eigenvalue weighted by Gasteiger charge is -2.16. The van der Waals surface area contributed by atoms with Gasteiger partial charge >= 0.3 is 5.97 Å². The van der Waals surface area contributed by atoms with Crippen LogP contribution in [0.5, 0.6) is 5.75 Å². The van der Waals surface area contributed by atoms with E-state index in [1.54, 1.807) is 6.07 Å².